The summed E-state index contributed by atoms with van der Waals surface area (Å²) in [5.74, 6) is -2.23. The Balaban J connectivity index is 3.16. The van der Waals surface area contributed by atoms with Crippen LogP contribution in [0.25, 0.3) is 0 Å². The molecule has 0 radical (unpaired) electrons. The molecule has 0 atom stereocenters. The van der Waals surface area contributed by atoms with Crippen LogP contribution in [0, 0.1) is 13.8 Å². The molecule has 0 saturated carbocycles. The molecule has 0 saturated heterocycles. The lowest BCUT2D eigenvalue weighted by molar-refractivity contribution is 0.0687. The third kappa shape index (κ3) is 3.10. The standard InChI is InChI=1S/C14H20O5/c1-4-5-6-7-19-13-9(3)8(2)11(15)12(16)10(13)14(17)18/h15-16H,4-7H2,1-3H3,(H,17,18). The van der Waals surface area contributed by atoms with Crippen LogP contribution < -0.4 is 4.74 Å². The van der Waals surface area contributed by atoms with E-state index in [4.69, 9.17) is 9.84 Å². The normalized spacial score (nSPS) is 10.5. The van der Waals surface area contributed by atoms with Gasteiger partial charge in [-0.2, -0.15) is 0 Å². The molecule has 0 bridgehead atoms. The fraction of sp³-hybridized carbons (Fsp3) is 0.500. The van der Waals surface area contributed by atoms with E-state index in [0.29, 0.717) is 17.7 Å². The molecule has 0 aliphatic heterocycles. The van der Waals surface area contributed by atoms with E-state index in [1.165, 1.54) is 0 Å². The smallest absolute Gasteiger partial charge is 0.343 e. The number of phenolic OH excluding ortho intramolecular Hbond substituents is 1. The summed E-state index contributed by atoms with van der Waals surface area (Å²) >= 11 is 0. The quantitative estimate of drug-likeness (QED) is 0.545. The fourth-order valence-corrected chi connectivity index (χ4v) is 1.84. The molecule has 0 fully saturated rings. The number of rotatable bonds is 6. The Hall–Kier alpha value is -1.91. The van der Waals surface area contributed by atoms with E-state index in [2.05, 4.69) is 6.92 Å². The SMILES string of the molecule is CCCCCOc1c(C)c(C)c(O)c(O)c1C(=O)O. The number of ether oxygens (including phenoxy) is 1. The summed E-state index contributed by atoms with van der Waals surface area (Å²) in [5, 5.41) is 28.6. The van der Waals surface area contributed by atoms with Gasteiger partial charge in [0.05, 0.1) is 6.61 Å². The third-order valence-corrected chi connectivity index (χ3v) is 3.15. The van der Waals surface area contributed by atoms with Crippen LogP contribution in [0.1, 0.15) is 47.7 Å². The first-order valence-corrected chi connectivity index (χ1v) is 6.32. The number of aromatic hydroxyl groups is 2. The Morgan fingerprint density at radius 3 is 2.26 bits per heavy atom. The van der Waals surface area contributed by atoms with E-state index in [1.54, 1.807) is 13.8 Å². The molecule has 0 spiro atoms. The number of carbonyl (C=O) groups is 1. The molecule has 5 nitrogen and oxygen atoms in total. The van der Waals surface area contributed by atoms with E-state index in [-0.39, 0.29) is 11.3 Å². The fourth-order valence-electron chi connectivity index (χ4n) is 1.84. The van der Waals surface area contributed by atoms with Gasteiger partial charge in [0.2, 0.25) is 0 Å². The molecule has 106 valence electrons. The maximum atomic E-state index is 11.2. The van der Waals surface area contributed by atoms with Gasteiger partial charge in [-0.3, -0.25) is 0 Å². The largest absolute Gasteiger partial charge is 0.504 e. The summed E-state index contributed by atoms with van der Waals surface area (Å²) in [5.41, 5.74) is 0.578. The van der Waals surface area contributed by atoms with Crippen LogP contribution >= 0.6 is 0 Å². The van der Waals surface area contributed by atoms with Crippen molar-refractivity contribution in [3.05, 3.63) is 16.7 Å². The number of carboxylic acids is 1. The van der Waals surface area contributed by atoms with Crippen LogP contribution in [-0.4, -0.2) is 27.9 Å². The molecule has 3 N–H and O–H groups in total. The van der Waals surface area contributed by atoms with E-state index in [1.807, 2.05) is 0 Å². The van der Waals surface area contributed by atoms with Crippen molar-refractivity contribution in [2.24, 2.45) is 0 Å². The zero-order chi connectivity index (χ0) is 14.6. The summed E-state index contributed by atoms with van der Waals surface area (Å²) in [6.45, 7) is 5.72. The number of unbranched alkanes of at least 4 members (excludes halogenated alkanes) is 2. The molecule has 0 aliphatic rings. The van der Waals surface area contributed by atoms with Crippen LogP contribution in [-0.2, 0) is 0 Å². The molecule has 19 heavy (non-hydrogen) atoms. The van der Waals surface area contributed by atoms with Crippen molar-refractivity contribution in [3.8, 4) is 17.2 Å². The number of carboxylic acid groups (broad SMARTS) is 1. The van der Waals surface area contributed by atoms with Crippen LogP contribution in [0.5, 0.6) is 17.2 Å². The van der Waals surface area contributed by atoms with Gasteiger partial charge in [0.1, 0.15) is 11.3 Å². The van der Waals surface area contributed by atoms with Crippen LogP contribution in [0.3, 0.4) is 0 Å². The lowest BCUT2D eigenvalue weighted by Crippen LogP contribution is -2.08. The Labute approximate surface area is 112 Å². The molecular formula is C14H20O5. The average molecular weight is 268 g/mol. The van der Waals surface area contributed by atoms with E-state index >= 15 is 0 Å². The second-order valence-electron chi connectivity index (χ2n) is 4.51. The van der Waals surface area contributed by atoms with E-state index < -0.39 is 17.5 Å². The zero-order valence-corrected chi connectivity index (χ0v) is 11.5. The van der Waals surface area contributed by atoms with E-state index in [0.717, 1.165) is 19.3 Å². The minimum absolute atomic E-state index is 0.136. The number of hydrogen-bond acceptors (Lipinski definition) is 4. The van der Waals surface area contributed by atoms with Crippen LogP contribution in [0.15, 0.2) is 0 Å². The molecule has 5 heteroatoms. The van der Waals surface area contributed by atoms with Gasteiger partial charge in [0.15, 0.2) is 11.5 Å². The highest BCUT2D eigenvalue weighted by Gasteiger charge is 2.25. The number of aromatic carboxylic acids is 1. The molecule has 0 unspecified atom stereocenters. The minimum Gasteiger partial charge on any atom is -0.504 e. The molecular weight excluding hydrogens is 248 g/mol. The van der Waals surface area contributed by atoms with Crippen molar-refractivity contribution in [3.63, 3.8) is 0 Å². The Morgan fingerprint density at radius 2 is 1.74 bits per heavy atom. The second kappa shape index (κ2) is 6.31. The first kappa shape index (κ1) is 15.1. The van der Waals surface area contributed by atoms with Crippen molar-refractivity contribution in [2.45, 2.75) is 40.0 Å². The Bertz CT molecular complexity index is 479. The van der Waals surface area contributed by atoms with Gasteiger partial charge in [-0.25, -0.2) is 4.79 Å². The molecule has 1 rings (SSSR count). The lowest BCUT2D eigenvalue weighted by Gasteiger charge is -2.16. The molecule has 0 aromatic heterocycles. The first-order valence-electron chi connectivity index (χ1n) is 6.32. The highest BCUT2D eigenvalue weighted by Crippen LogP contribution is 2.42. The maximum Gasteiger partial charge on any atom is 0.343 e. The summed E-state index contributed by atoms with van der Waals surface area (Å²) < 4.78 is 5.50. The van der Waals surface area contributed by atoms with Gasteiger partial charge in [0.25, 0.3) is 0 Å². The number of benzene rings is 1. The third-order valence-electron chi connectivity index (χ3n) is 3.15. The predicted octanol–water partition coefficient (Wildman–Crippen LogP) is 2.98. The highest BCUT2D eigenvalue weighted by molar-refractivity contribution is 5.96. The first-order chi connectivity index (χ1) is 8.91. The van der Waals surface area contributed by atoms with Crippen molar-refractivity contribution in [2.75, 3.05) is 6.61 Å². The average Bonchev–Trinajstić information content (AvgIpc) is 2.37. The van der Waals surface area contributed by atoms with Gasteiger partial charge in [0, 0.05) is 5.56 Å². The minimum atomic E-state index is -1.32. The molecule has 1 aromatic carbocycles. The van der Waals surface area contributed by atoms with Crippen molar-refractivity contribution >= 4 is 5.97 Å². The van der Waals surface area contributed by atoms with Gasteiger partial charge in [-0.15, -0.1) is 0 Å². The zero-order valence-electron chi connectivity index (χ0n) is 11.5. The summed E-state index contributed by atoms with van der Waals surface area (Å²) in [4.78, 5) is 11.2. The number of phenols is 2. The van der Waals surface area contributed by atoms with Gasteiger partial charge >= 0.3 is 5.97 Å². The summed E-state index contributed by atoms with van der Waals surface area (Å²) in [6, 6.07) is 0. The van der Waals surface area contributed by atoms with Crippen molar-refractivity contribution in [1.29, 1.82) is 0 Å². The van der Waals surface area contributed by atoms with Crippen LogP contribution in [0.4, 0.5) is 0 Å². The molecule has 0 heterocycles. The summed E-state index contributed by atoms with van der Waals surface area (Å²) in [7, 11) is 0. The monoisotopic (exact) mass is 268 g/mol. The van der Waals surface area contributed by atoms with Gasteiger partial charge < -0.3 is 20.1 Å². The topological polar surface area (TPSA) is 87.0 Å². The van der Waals surface area contributed by atoms with Gasteiger partial charge in [-0.1, -0.05) is 19.8 Å². The van der Waals surface area contributed by atoms with Crippen molar-refractivity contribution in [1.82, 2.24) is 0 Å². The molecule has 0 aliphatic carbocycles. The Morgan fingerprint density at radius 1 is 1.11 bits per heavy atom. The molecule has 0 amide bonds. The maximum absolute atomic E-state index is 11.2. The predicted molar refractivity (Wildman–Crippen MR) is 71.2 cm³/mol. The number of hydrogen-bond donors (Lipinski definition) is 3. The second-order valence-corrected chi connectivity index (χ2v) is 4.51. The van der Waals surface area contributed by atoms with Crippen LogP contribution in [0.2, 0.25) is 0 Å². The van der Waals surface area contributed by atoms with Gasteiger partial charge in [-0.05, 0) is 25.8 Å². The van der Waals surface area contributed by atoms with E-state index in [9.17, 15) is 15.0 Å². The highest BCUT2D eigenvalue weighted by atomic mass is 16.5. The lowest BCUT2D eigenvalue weighted by atomic mass is 10.0. The Kier molecular flexibility index (Phi) is 5.03. The van der Waals surface area contributed by atoms with Crippen molar-refractivity contribution < 1.29 is 24.9 Å². The molecule has 1 aromatic rings. The summed E-state index contributed by atoms with van der Waals surface area (Å²) in [6.07, 6.45) is 2.84.